The zero-order chi connectivity index (χ0) is 16.5. The van der Waals surface area contributed by atoms with Crippen molar-refractivity contribution in [3.8, 4) is 11.5 Å². The first-order valence-electron chi connectivity index (χ1n) is 7.37. The van der Waals surface area contributed by atoms with Gasteiger partial charge in [0, 0.05) is 33.7 Å². The maximum absolute atomic E-state index is 11.3. The fraction of sp³-hybridized carbons (Fsp3) is 0.167. The third-order valence-electron chi connectivity index (χ3n) is 3.74. The third kappa shape index (κ3) is 2.96. The van der Waals surface area contributed by atoms with Crippen LogP contribution in [0.25, 0.3) is 11.0 Å². The Morgan fingerprint density at radius 2 is 2.00 bits per heavy atom. The zero-order valence-electron chi connectivity index (χ0n) is 12.6. The molecule has 0 atom stereocenters. The average Bonchev–Trinajstić information content (AvgIpc) is 2.59. The number of hydrogen-bond acceptors (Lipinski definition) is 5. The van der Waals surface area contributed by atoms with Gasteiger partial charge in [-0.1, -0.05) is 11.6 Å². The lowest BCUT2D eigenvalue weighted by Gasteiger charge is -2.21. The molecule has 3 aromatic rings. The minimum Gasteiger partial charge on any atom is -0.489 e. The van der Waals surface area contributed by atoms with E-state index in [0.29, 0.717) is 23.0 Å². The van der Waals surface area contributed by atoms with Gasteiger partial charge in [0.1, 0.15) is 23.7 Å². The standard InChI is InChI=1S/C18H13ClO5/c19-14-5-12-8-21-10-23-18(12)13(6-14)9-22-15-3-1-11-2-4-17(20)24-16(11)7-15/h1-7H,8-10H2. The molecule has 24 heavy (non-hydrogen) atoms. The predicted molar refractivity (Wildman–Crippen MR) is 88.6 cm³/mol. The summed E-state index contributed by atoms with van der Waals surface area (Å²) in [5, 5.41) is 1.44. The Morgan fingerprint density at radius 1 is 1.12 bits per heavy atom. The number of hydrogen-bond donors (Lipinski definition) is 0. The van der Waals surface area contributed by atoms with Crippen LogP contribution in [0.5, 0.6) is 11.5 Å². The van der Waals surface area contributed by atoms with Crippen LogP contribution >= 0.6 is 11.6 Å². The highest BCUT2D eigenvalue weighted by molar-refractivity contribution is 6.30. The van der Waals surface area contributed by atoms with Gasteiger partial charge in [-0.05, 0) is 30.3 Å². The van der Waals surface area contributed by atoms with Gasteiger partial charge in [-0.2, -0.15) is 0 Å². The first kappa shape index (κ1) is 15.1. The number of ether oxygens (including phenoxy) is 3. The van der Waals surface area contributed by atoms with Crippen molar-refractivity contribution < 1.29 is 18.6 Å². The van der Waals surface area contributed by atoms with Gasteiger partial charge in [-0.25, -0.2) is 4.79 Å². The number of halogens is 1. The molecule has 0 fully saturated rings. The van der Waals surface area contributed by atoms with Gasteiger partial charge in [0.2, 0.25) is 0 Å². The van der Waals surface area contributed by atoms with Crippen molar-refractivity contribution >= 4 is 22.6 Å². The van der Waals surface area contributed by atoms with Crippen LogP contribution in [0.4, 0.5) is 0 Å². The molecule has 0 saturated carbocycles. The van der Waals surface area contributed by atoms with Crippen LogP contribution in [0, 0.1) is 0 Å². The largest absolute Gasteiger partial charge is 0.489 e. The maximum atomic E-state index is 11.3. The van der Waals surface area contributed by atoms with E-state index in [1.54, 1.807) is 12.1 Å². The van der Waals surface area contributed by atoms with Crippen LogP contribution in [0.15, 0.2) is 51.7 Å². The van der Waals surface area contributed by atoms with E-state index < -0.39 is 5.63 Å². The number of rotatable bonds is 3. The molecular formula is C18H13ClO5. The SMILES string of the molecule is O=c1ccc2ccc(OCc3cc(Cl)cc4c3OCOC4)cc2o1. The fourth-order valence-corrected chi connectivity index (χ4v) is 2.92. The number of fused-ring (bicyclic) bond motifs is 2. The molecule has 2 heterocycles. The molecular weight excluding hydrogens is 332 g/mol. The molecule has 4 rings (SSSR count). The average molecular weight is 345 g/mol. The Morgan fingerprint density at radius 3 is 2.92 bits per heavy atom. The summed E-state index contributed by atoms with van der Waals surface area (Å²) in [5.41, 5.74) is 1.84. The molecule has 0 spiro atoms. The minimum absolute atomic E-state index is 0.211. The Kier molecular flexibility index (Phi) is 3.88. The molecule has 0 aliphatic carbocycles. The van der Waals surface area contributed by atoms with E-state index in [1.807, 2.05) is 24.3 Å². The van der Waals surface area contributed by atoms with Crippen molar-refractivity contribution in [2.75, 3.05) is 6.79 Å². The van der Waals surface area contributed by atoms with Gasteiger partial charge >= 0.3 is 5.63 Å². The van der Waals surface area contributed by atoms with Crippen molar-refractivity contribution in [2.24, 2.45) is 0 Å². The minimum atomic E-state index is -0.392. The topological polar surface area (TPSA) is 57.9 Å². The molecule has 0 radical (unpaired) electrons. The summed E-state index contributed by atoms with van der Waals surface area (Å²) in [4.78, 5) is 11.3. The molecule has 1 aliphatic heterocycles. The van der Waals surface area contributed by atoms with Crippen molar-refractivity contribution in [1.29, 1.82) is 0 Å². The summed E-state index contributed by atoms with van der Waals surface area (Å²) in [5.74, 6) is 1.34. The maximum Gasteiger partial charge on any atom is 0.336 e. The van der Waals surface area contributed by atoms with E-state index in [9.17, 15) is 4.79 Å². The first-order chi connectivity index (χ1) is 11.7. The Labute approximate surface area is 142 Å². The van der Waals surface area contributed by atoms with Gasteiger partial charge < -0.3 is 18.6 Å². The van der Waals surface area contributed by atoms with E-state index >= 15 is 0 Å². The highest BCUT2D eigenvalue weighted by Gasteiger charge is 2.17. The smallest absolute Gasteiger partial charge is 0.336 e. The van der Waals surface area contributed by atoms with E-state index in [4.69, 9.17) is 30.2 Å². The highest BCUT2D eigenvalue weighted by atomic mass is 35.5. The zero-order valence-corrected chi connectivity index (χ0v) is 13.3. The van der Waals surface area contributed by atoms with Crippen LogP contribution in [0.3, 0.4) is 0 Å². The Bertz CT molecular complexity index is 963. The quantitative estimate of drug-likeness (QED) is 0.675. The molecule has 122 valence electrons. The van der Waals surface area contributed by atoms with Crippen LogP contribution in [0.2, 0.25) is 5.02 Å². The van der Waals surface area contributed by atoms with Crippen LogP contribution in [0.1, 0.15) is 11.1 Å². The molecule has 1 aliphatic rings. The van der Waals surface area contributed by atoms with Gasteiger partial charge in [-0.3, -0.25) is 0 Å². The van der Waals surface area contributed by atoms with Crippen LogP contribution < -0.4 is 15.1 Å². The van der Waals surface area contributed by atoms with Gasteiger partial charge in [0.25, 0.3) is 0 Å². The Hall–Kier alpha value is -2.50. The van der Waals surface area contributed by atoms with Crippen molar-refractivity contribution in [3.05, 3.63) is 69.0 Å². The second-order valence-corrected chi connectivity index (χ2v) is 5.84. The van der Waals surface area contributed by atoms with Crippen LogP contribution in [-0.4, -0.2) is 6.79 Å². The molecule has 2 aromatic carbocycles. The molecule has 0 bridgehead atoms. The molecule has 0 N–H and O–H groups in total. The monoisotopic (exact) mass is 344 g/mol. The molecule has 0 saturated heterocycles. The first-order valence-corrected chi connectivity index (χ1v) is 7.75. The van der Waals surface area contributed by atoms with E-state index in [-0.39, 0.29) is 13.4 Å². The molecule has 6 heteroatoms. The van der Waals surface area contributed by atoms with E-state index in [1.165, 1.54) is 6.07 Å². The van der Waals surface area contributed by atoms with Crippen molar-refractivity contribution in [3.63, 3.8) is 0 Å². The summed E-state index contributed by atoms with van der Waals surface area (Å²) in [6.07, 6.45) is 0. The second-order valence-electron chi connectivity index (χ2n) is 5.41. The van der Waals surface area contributed by atoms with Crippen molar-refractivity contribution in [2.45, 2.75) is 13.2 Å². The van der Waals surface area contributed by atoms with Crippen LogP contribution in [-0.2, 0) is 18.0 Å². The second kappa shape index (κ2) is 6.19. The summed E-state index contributed by atoms with van der Waals surface area (Å²) in [6.45, 7) is 0.957. The van der Waals surface area contributed by atoms with E-state index in [2.05, 4.69) is 0 Å². The molecule has 0 unspecified atom stereocenters. The normalized spacial score (nSPS) is 13.4. The van der Waals surface area contributed by atoms with Gasteiger partial charge in [0.15, 0.2) is 6.79 Å². The molecule has 1 aromatic heterocycles. The lowest BCUT2D eigenvalue weighted by atomic mass is 10.1. The van der Waals surface area contributed by atoms with Gasteiger partial charge in [0.05, 0.1) is 6.61 Å². The summed E-state index contributed by atoms with van der Waals surface area (Å²) < 4.78 is 21.8. The van der Waals surface area contributed by atoms with E-state index in [0.717, 1.165) is 22.3 Å². The molecule has 5 nitrogen and oxygen atoms in total. The Balaban J connectivity index is 1.61. The van der Waals surface area contributed by atoms with Crippen molar-refractivity contribution in [1.82, 2.24) is 0 Å². The summed E-state index contributed by atoms with van der Waals surface area (Å²) >= 11 is 6.14. The lowest BCUT2D eigenvalue weighted by Crippen LogP contribution is -2.14. The summed E-state index contributed by atoms with van der Waals surface area (Å²) in [6, 6.07) is 12.1. The number of benzene rings is 2. The molecule has 0 amide bonds. The predicted octanol–water partition coefficient (Wildman–Crippen LogP) is 3.89. The lowest BCUT2D eigenvalue weighted by molar-refractivity contribution is -0.0175. The summed E-state index contributed by atoms with van der Waals surface area (Å²) in [7, 11) is 0. The third-order valence-corrected chi connectivity index (χ3v) is 3.96. The van der Waals surface area contributed by atoms with Gasteiger partial charge in [-0.15, -0.1) is 0 Å². The fourth-order valence-electron chi connectivity index (χ4n) is 2.66. The highest BCUT2D eigenvalue weighted by Crippen LogP contribution is 2.32.